The van der Waals surface area contributed by atoms with Crippen molar-refractivity contribution in [3.63, 3.8) is 0 Å². The third kappa shape index (κ3) is 4.63. The van der Waals surface area contributed by atoms with E-state index in [0.29, 0.717) is 16.3 Å². The number of hydrogen-bond donors (Lipinski definition) is 2. The zero-order valence-corrected chi connectivity index (χ0v) is 19.0. The predicted molar refractivity (Wildman–Crippen MR) is 137 cm³/mol. The van der Waals surface area contributed by atoms with Gasteiger partial charge in [0, 0.05) is 16.3 Å². The van der Waals surface area contributed by atoms with Crippen LogP contribution in [0.5, 0.6) is 0 Å². The van der Waals surface area contributed by atoms with Gasteiger partial charge in [0.15, 0.2) is 0 Å². The Morgan fingerprint density at radius 2 is 1.47 bits per heavy atom. The number of benzene rings is 4. The van der Waals surface area contributed by atoms with E-state index in [2.05, 4.69) is 22.8 Å². The third-order valence-electron chi connectivity index (χ3n) is 5.76. The summed E-state index contributed by atoms with van der Waals surface area (Å²) >= 11 is 5.99. The minimum atomic E-state index is -0.408. The number of amides is 2. The van der Waals surface area contributed by atoms with Gasteiger partial charge in [-0.1, -0.05) is 72.3 Å². The van der Waals surface area contributed by atoms with Crippen molar-refractivity contribution in [2.24, 2.45) is 0 Å². The quantitative estimate of drug-likeness (QED) is 0.299. The Morgan fingerprint density at radius 1 is 0.765 bits per heavy atom. The van der Waals surface area contributed by atoms with Gasteiger partial charge in [-0.15, -0.1) is 0 Å². The van der Waals surface area contributed by atoms with Crippen LogP contribution in [0.4, 0.5) is 5.69 Å². The molecule has 2 N–H and O–H groups in total. The Labute approximate surface area is 202 Å². The van der Waals surface area contributed by atoms with E-state index in [1.165, 1.54) is 16.7 Å². The molecule has 0 aliphatic heterocycles. The molecule has 34 heavy (non-hydrogen) atoms. The zero-order valence-electron chi connectivity index (χ0n) is 18.2. The van der Waals surface area contributed by atoms with Crippen LogP contribution >= 0.6 is 11.6 Å². The molecule has 5 heteroatoms. The highest BCUT2D eigenvalue weighted by molar-refractivity contribution is 6.30. The molecule has 0 bridgehead atoms. The summed E-state index contributed by atoms with van der Waals surface area (Å²) in [5.74, 6) is -0.768. The molecule has 1 aliphatic carbocycles. The zero-order chi connectivity index (χ0) is 23.5. The first-order valence-electron chi connectivity index (χ1n) is 10.9. The van der Waals surface area contributed by atoms with Crippen LogP contribution in [0.3, 0.4) is 0 Å². The van der Waals surface area contributed by atoms with Crippen molar-refractivity contribution >= 4 is 35.2 Å². The highest BCUT2D eigenvalue weighted by atomic mass is 35.5. The van der Waals surface area contributed by atoms with Gasteiger partial charge in [0.05, 0.1) is 0 Å². The molecule has 4 nitrogen and oxygen atoms in total. The average Bonchev–Trinajstić information content (AvgIpc) is 3.23. The Morgan fingerprint density at radius 3 is 2.26 bits per heavy atom. The summed E-state index contributed by atoms with van der Waals surface area (Å²) in [7, 11) is 0. The Hall–Kier alpha value is -4.15. The van der Waals surface area contributed by atoms with E-state index < -0.39 is 5.91 Å². The minimum Gasteiger partial charge on any atom is -0.321 e. The Bertz CT molecular complexity index is 1410. The molecular weight excluding hydrogens is 444 g/mol. The lowest BCUT2D eigenvalue weighted by Crippen LogP contribution is -2.30. The summed E-state index contributed by atoms with van der Waals surface area (Å²) in [6.07, 6.45) is 2.46. The maximum Gasteiger partial charge on any atom is 0.272 e. The van der Waals surface area contributed by atoms with Crippen molar-refractivity contribution in [3.8, 4) is 11.1 Å². The van der Waals surface area contributed by atoms with Crippen LogP contribution in [-0.2, 0) is 11.2 Å². The van der Waals surface area contributed by atoms with Gasteiger partial charge in [0.1, 0.15) is 5.70 Å². The monoisotopic (exact) mass is 464 g/mol. The second-order valence-electron chi connectivity index (χ2n) is 8.09. The molecule has 0 atom stereocenters. The van der Waals surface area contributed by atoms with Crippen molar-refractivity contribution < 1.29 is 9.59 Å². The lowest BCUT2D eigenvalue weighted by Gasteiger charge is -2.12. The van der Waals surface area contributed by atoms with E-state index in [1.807, 2.05) is 36.4 Å². The van der Waals surface area contributed by atoms with Crippen LogP contribution in [0.2, 0.25) is 5.02 Å². The molecule has 4 aromatic rings. The van der Waals surface area contributed by atoms with Crippen LogP contribution in [0.15, 0.2) is 103 Å². The average molecular weight is 465 g/mol. The molecule has 0 heterocycles. The number of halogens is 1. The summed E-state index contributed by atoms with van der Waals surface area (Å²) in [4.78, 5) is 26.0. The number of fused-ring (bicyclic) bond motifs is 3. The number of nitrogens with one attached hydrogen (secondary N) is 2. The van der Waals surface area contributed by atoms with Crippen LogP contribution in [-0.4, -0.2) is 11.8 Å². The first-order chi connectivity index (χ1) is 16.6. The number of rotatable bonds is 5. The molecule has 1 aliphatic rings. The van der Waals surface area contributed by atoms with Gasteiger partial charge in [-0.25, -0.2) is 0 Å². The third-order valence-corrected chi connectivity index (χ3v) is 6.01. The van der Waals surface area contributed by atoms with E-state index in [0.717, 1.165) is 17.5 Å². The summed E-state index contributed by atoms with van der Waals surface area (Å²) in [6.45, 7) is 0. The van der Waals surface area contributed by atoms with Crippen LogP contribution < -0.4 is 10.6 Å². The van der Waals surface area contributed by atoms with Crippen LogP contribution in [0, 0.1) is 0 Å². The topological polar surface area (TPSA) is 58.2 Å². The Balaban J connectivity index is 1.41. The van der Waals surface area contributed by atoms with Gasteiger partial charge in [-0.3, -0.25) is 9.59 Å². The minimum absolute atomic E-state index is 0.139. The van der Waals surface area contributed by atoms with Crippen LogP contribution in [0.25, 0.3) is 17.2 Å². The molecule has 2 amide bonds. The van der Waals surface area contributed by atoms with E-state index >= 15 is 0 Å². The summed E-state index contributed by atoms with van der Waals surface area (Å²) in [5, 5.41) is 6.29. The lowest BCUT2D eigenvalue weighted by molar-refractivity contribution is -0.113. The normalized spacial score (nSPS) is 12.0. The smallest absolute Gasteiger partial charge is 0.272 e. The van der Waals surface area contributed by atoms with Gasteiger partial charge in [0.25, 0.3) is 11.8 Å². The number of carbonyl (C=O) groups is 2. The van der Waals surface area contributed by atoms with Gasteiger partial charge in [-0.2, -0.15) is 0 Å². The molecule has 0 saturated heterocycles. The van der Waals surface area contributed by atoms with Crippen molar-refractivity contribution in [2.45, 2.75) is 6.42 Å². The van der Waals surface area contributed by atoms with E-state index in [1.54, 1.807) is 54.6 Å². The number of carbonyl (C=O) groups excluding carboxylic acids is 2. The maximum absolute atomic E-state index is 13.2. The van der Waals surface area contributed by atoms with E-state index in [-0.39, 0.29) is 11.6 Å². The molecule has 0 fully saturated rings. The fraction of sp³-hybridized carbons (Fsp3) is 0.0345. The van der Waals surface area contributed by atoms with Gasteiger partial charge in [-0.05, 0) is 76.7 Å². The second-order valence-corrected chi connectivity index (χ2v) is 8.53. The SMILES string of the molecule is O=C(Nc1ccc2c(c1)Cc1ccccc1-2)/C(=C\c1ccc(Cl)cc1)NC(=O)c1ccccc1. The van der Waals surface area contributed by atoms with Gasteiger partial charge >= 0.3 is 0 Å². The van der Waals surface area contributed by atoms with Crippen molar-refractivity contribution in [1.82, 2.24) is 5.32 Å². The fourth-order valence-electron chi connectivity index (χ4n) is 4.09. The molecule has 0 unspecified atom stereocenters. The highest BCUT2D eigenvalue weighted by Crippen LogP contribution is 2.37. The first kappa shape index (κ1) is 21.7. The lowest BCUT2D eigenvalue weighted by atomic mass is 10.1. The molecule has 0 spiro atoms. The number of anilines is 1. The molecule has 4 aromatic carbocycles. The summed E-state index contributed by atoms with van der Waals surface area (Å²) in [5.41, 5.74) is 6.87. The first-order valence-corrected chi connectivity index (χ1v) is 11.3. The molecule has 0 aromatic heterocycles. The van der Waals surface area contributed by atoms with Crippen molar-refractivity contribution in [3.05, 3.63) is 130 Å². The van der Waals surface area contributed by atoms with Gasteiger partial charge < -0.3 is 10.6 Å². The van der Waals surface area contributed by atoms with E-state index in [9.17, 15) is 9.59 Å². The van der Waals surface area contributed by atoms with Crippen molar-refractivity contribution in [2.75, 3.05) is 5.32 Å². The molecule has 166 valence electrons. The highest BCUT2D eigenvalue weighted by Gasteiger charge is 2.19. The molecule has 5 rings (SSSR count). The summed E-state index contributed by atoms with van der Waals surface area (Å²) in [6, 6.07) is 30.1. The fourth-order valence-corrected chi connectivity index (χ4v) is 4.22. The van der Waals surface area contributed by atoms with Gasteiger partial charge in [0.2, 0.25) is 0 Å². The van der Waals surface area contributed by atoms with Crippen molar-refractivity contribution in [1.29, 1.82) is 0 Å². The number of hydrogen-bond acceptors (Lipinski definition) is 2. The molecule has 0 radical (unpaired) electrons. The Kier molecular flexibility index (Phi) is 5.98. The van der Waals surface area contributed by atoms with Crippen LogP contribution in [0.1, 0.15) is 27.0 Å². The predicted octanol–water partition coefficient (Wildman–Crippen LogP) is 6.32. The second kappa shape index (κ2) is 9.38. The maximum atomic E-state index is 13.2. The van der Waals surface area contributed by atoms with E-state index in [4.69, 9.17) is 11.6 Å². The largest absolute Gasteiger partial charge is 0.321 e. The molecule has 0 saturated carbocycles. The standard InChI is InChI=1S/C29H21ClN2O2/c30-23-12-10-19(11-13-23)16-27(32-28(33)20-6-2-1-3-7-20)29(34)31-24-14-15-26-22(18-24)17-21-8-4-5-9-25(21)26/h1-16,18H,17H2,(H,31,34)(H,32,33)/b27-16+. The molecular formula is C29H21ClN2O2. The summed E-state index contributed by atoms with van der Waals surface area (Å²) < 4.78 is 0.